The Kier molecular flexibility index (Phi) is 21.4. The van der Waals surface area contributed by atoms with Gasteiger partial charge in [-0.2, -0.15) is 0 Å². The van der Waals surface area contributed by atoms with Crippen LogP contribution in [0.25, 0.3) is 0 Å². The van der Waals surface area contributed by atoms with Gasteiger partial charge in [0.05, 0.1) is 12.3 Å². The molecule has 2 N–H and O–H groups in total. The van der Waals surface area contributed by atoms with Gasteiger partial charge in [-0.15, -0.1) is 0 Å². The molecule has 0 fully saturated rings. The summed E-state index contributed by atoms with van der Waals surface area (Å²) in [5, 5.41) is 18.5. The lowest BCUT2D eigenvalue weighted by Crippen LogP contribution is -2.21. The van der Waals surface area contributed by atoms with Crippen LogP contribution in [0.15, 0.2) is 0 Å². The van der Waals surface area contributed by atoms with E-state index < -0.39 is 17.9 Å². The zero-order valence-electron chi connectivity index (χ0n) is 20.7. The molecule has 0 aliphatic rings. The maximum absolute atomic E-state index is 11.5. The summed E-state index contributed by atoms with van der Waals surface area (Å²) in [6.07, 6.45) is 24.2. The van der Waals surface area contributed by atoms with E-state index in [1.165, 1.54) is 96.3 Å². The second-order valence-corrected chi connectivity index (χ2v) is 9.62. The van der Waals surface area contributed by atoms with Gasteiger partial charge in [0.25, 0.3) is 0 Å². The van der Waals surface area contributed by atoms with E-state index in [4.69, 9.17) is 5.11 Å². The molecule has 0 spiro atoms. The van der Waals surface area contributed by atoms with Crippen LogP contribution in [0.3, 0.4) is 0 Å². The summed E-state index contributed by atoms with van der Waals surface area (Å²) in [5.74, 6) is -2.34. The standard InChI is InChI=1S/C27H52O4/c1-3-5-7-9-11-13-15-17-19-21-24(22-25(27(30)31)23-26(28)29)20-18-16-14-12-10-8-6-4-2/h24-25H,3-23H2,1-2H3,(H,28,29)(H,30,31). The third-order valence-corrected chi connectivity index (χ3v) is 6.57. The summed E-state index contributed by atoms with van der Waals surface area (Å²) in [6.45, 7) is 4.48. The van der Waals surface area contributed by atoms with Gasteiger partial charge in [-0.1, -0.05) is 136 Å². The minimum absolute atomic E-state index is 0.249. The average Bonchev–Trinajstić information content (AvgIpc) is 2.73. The molecule has 0 aromatic carbocycles. The van der Waals surface area contributed by atoms with Gasteiger partial charge in [-0.05, 0) is 12.3 Å². The summed E-state index contributed by atoms with van der Waals surface area (Å²) in [7, 11) is 0. The Morgan fingerprint density at radius 2 is 0.935 bits per heavy atom. The number of carboxylic acid groups (broad SMARTS) is 2. The minimum Gasteiger partial charge on any atom is -0.481 e. The Morgan fingerprint density at radius 1 is 0.581 bits per heavy atom. The summed E-state index contributed by atoms with van der Waals surface area (Å²) in [4.78, 5) is 22.6. The molecule has 0 radical (unpaired) electrons. The Morgan fingerprint density at radius 3 is 1.26 bits per heavy atom. The van der Waals surface area contributed by atoms with Crippen LogP contribution >= 0.6 is 0 Å². The van der Waals surface area contributed by atoms with Crippen molar-refractivity contribution in [2.24, 2.45) is 11.8 Å². The molecule has 0 heterocycles. The fourth-order valence-electron chi connectivity index (χ4n) is 4.58. The van der Waals surface area contributed by atoms with Crippen molar-refractivity contribution in [1.82, 2.24) is 0 Å². The summed E-state index contributed by atoms with van der Waals surface area (Å²) in [5.41, 5.74) is 0. The first-order valence-corrected chi connectivity index (χ1v) is 13.5. The highest BCUT2D eigenvalue weighted by Gasteiger charge is 2.24. The van der Waals surface area contributed by atoms with Gasteiger partial charge in [0.15, 0.2) is 0 Å². The van der Waals surface area contributed by atoms with Gasteiger partial charge < -0.3 is 10.2 Å². The van der Waals surface area contributed by atoms with E-state index in [1.807, 2.05) is 0 Å². The van der Waals surface area contributed by atoms with Gasteiger partial charge in [0.2, 0.25) is 0 Å². The van der Waals surface area contributed by atoms with E-state index in [2.05, 4.69) is 13.8 Å². The molecular weight excluding hydrogens is 388 g/mol. The van der Waals surface area contributed by atoms with E-state index in [9.17, 15) is 14.7 Å². The maximum Gasteiger partial charge on any atom is 0.307 e. The van der Waals surface area contributed by atoms with Gasteiger partial charge in [0, 0.05) is 0 Å². The highest BCUT2D eigenvalue weighted by Crippen LogP contribution is 2.27. The highest BCUT2D eigenvalue weighted by atomic mass is 16.4. The van der Waals surface area contributed by atoms with Crippen molar-refractivity contribution in [1.29, 1.82) is 0 Å². The number of unbranched alkanes of at least 4 members (excludes halogenated alkanes) is 15. The smallest absolute Gasteiger partial charge is 0.307 e. The fourth-order valence-corrected chi connectivity index (χ4v) is 4.58. The Labute approximate surface area is 192 Å². The van der Waals surface area contributed by atoms with Crippen molar-refractivity contribution >= 4 is 11.9 Å². The zero-order chi connectivity index (χ0) is 23.2. The largest absolute Gasteiger partial charge is 0.481 e. The monoisotopic (exact) mass is 440 g/mol. The molecule has 31 heavy (non-hydrogen) atoms. The highest BCUT2D eigenvalue weighted by molar-refractivity contribution is 5.77. The molecule has 0 aliphatic heterocycles. The predicted molar refractivity (Wildman–Crippen MR) is 131 cm³/mol. The quantitative estimate of drug-likeness (QED) is 0.147. The maximum atomic E-state index is 11.5. The molecule has 0 rings (SSSR count). The van der Waals surface area contributed by atoms with Gasteiger partial charge in [0.1, 0.15) is 0 Å². The molecule has 4 heteroatoms. The molecule has 0 aromatic heterocycles. The van der Waals surface area contributed by atoms with Crippen molar-refractivity contribution in [2.45, 2.75) is 149 Å². The summed E-state index contributed by atoms with van der Waals surface area (Å²) in [6, 6.07) is 0. The topological polar surface area (TPSA) is 74.6 Å². The average molecular weight is 441 g/mol. The van der Waals surface area contributed by atoms with Crippen molar-refractivity contribution in [2.75, 3.05) is 0 Å². The first kappa shape index (κ1) is 29.9. The zero-order valence-corrected chi connectivity index (χ0v) is 20.7. The van der Waals surface area contributed by atoms with E-state index in [1.54, 1.807) is 0 Å². The lowest BCUT2D eigenvalue weighted by molar-refractivity contribution is -0.148. The Bertz CT molecular complexity index is 421. The molecular formula is C27H52O4. The van der Waals surface area contributed by atoms with Crippen LogP contribution in [0, 0.1) is 11.8 Å². The van der Waals surface area contributed by atoms with Crippen LogP contribution in [0.2, 0.25) is 0 Å². The first-order chi connectivity index (χ1) is 15.0. The van der Waals surface area contributed by atoms with E-state index >= 15 is 0 Å². The lowest BCUT2D eigenvalue weighted by Gasteiger charge is -2.20. The fraction of sp³-hybridized carbons (Fsp3) is 0.926. The number of carbonyl (C=O) groups is 2. The molecule has 0 amide bonds. The Balaban J connectivity index is 4.21. The Hall–Kier alpha value is -1.06. The molecule has 0 saturated heterocycles. The number of carboxylic acids is 2. The molecule has 0 saturated carbocycles. The molecule has 4 nitrogen and oxygen atoms in total. The van der Waals surface area contributed by atoms with Gasteiger partial charge >= 0.3 is 11.9 Å². The number of rotatable bonds is 24. The predicted octanol–water partition coefficient (Wildman–Crippen LogP) is 8.62. The van der Waals surface area contributed by atoms with Crippen molar-refractivity contribution in [3.8, 4) is 0 Å². The van der Waals surface area contributed by atoms with Crippen LogP contribution in [0.1, 0.15) is 149 Å². The normalized spacial score (nSPS) is 13.2. The molecule has 0 aliphatic carbocycles. The van der Waals surface area contributed by atoms with Gasteiger partial charge in [-0.25, -0.2) is 0 Å². The molecule has 2 atom stereocenters. The number of aliphatic carboxylic acids is 2. The summed E-state index contributed by atoms with van der Waals surface area (Å²) >= 11 is 0. The second-order valence-electron chi connectivity index (χ2n) is 9.62. The van der Waals surface area contributed by atoms with Crippen molar-refractivity contribution in [3.05, 3.63) is 0 Å². The van der Waals surface area contributed by atoms with Crippen LogP contribution in [-0.2, 0) is 9.59 Å². The van der Waals surface area contributed by atoms with E-state index in [0.717, 1.165) is 25.7 Å². The molecule has 184 valence electrons. The third kappa shape index (κ3) is 20.6. The van der Waals surface area contributed by atoms with E-state index in [0.29, 0.717) is 12.3 Å². The SMILES string of the molecule is CCCCCCCCCCCC(CCCCCCCCCC)CC(CC(=O)O)C(=O)O. The first-order valence-electron chi connectivity index (χ1n) is 13.5. The molecule has 2 unspecified atom stereocenters. The lowest BCUT2D eigenvalue weighted by atomic mass is 9.85. The van der Waals surface area contributed by atoms with Crippen molar-refractivity contribution in [3.63, 3.8) is 0 Å². The minimum atomic E-state index is -0.999. The van der Waals surface area contributed by atoms with Gasteiger partial charge in [-0.3, -0.25) is 9.59 Å². The summed E-state index contributed by atoms with van der Waals surface area (Å²) < 4.78 is 0. The van der Waals surface area contributed by atoms with Crippen molar-refractivity contribution < 1.29 is 19.8 Å². The second kappa shape index (κ2) is 22.1. The van der Waals surface area contributed by atoms with Crippen LogP contribution < -0.4 is 0 Å². The van der Waals surface area contributed by atoms with Crippen LogP contribution in [-0.4, -0.2) is 22.2 Å². The number of hydrogen-bond donors (Lipinski definition) is 2. The molecule has 0 bridgehead atoms. The van der Waals surface area contributed by atoms with Crippen LogP contribution in [0.5, 0.6) is 0 Å². The van der Waals surface area contributed by atoms with Crippen LogP contribution in [0.4, 0.5) is 0 Å². The molecule has 0 aromatic rings. The number of hydrogen-bond acceptors (Lipinski definition) is 2. The third-order valence-electron chi connectivity index (χ3n) is 6.57. The van der Waals surface area contributed by atoms with E-state index in [-0.39, 0.29) is 6.42 Å².